The van der Waals surface area contributed by atoms with Gasteiger partial charge in [-0.2, -0.15) is 10.1 Å². The van der Waals surface area contributed by atoms with Crippen LogP contribution in [0.2, 0.25) is 0 Å². The van der Waals surface area contributed by atoms with E-state index in [9.17, 15) is 4.79 Å². The van der Waals surface area contributed by atoms with Crippen molar-refractivity contribution in [2.75, 3.05) is 0 Å². The summed E-state index contributed by atoms with van der Waals surface area (Å²) in [6.45, 7) is 3.60. The molecule has 1 aromatic carbocycles. The standard InChI is InChI=1S/C18H16N6O3/c1-11-14(12(2)24-18(21-11)19-10-20-24)8-16(25)26-9-15-22-23-17(27-15)13-6-4-3-5-7-13/h3-7,10H,8-9H2,1-2H3. The Kier molecular flexibility index (Phi) is 4.33. The Labute approximate surface area is 154 Å². The maximum atomic E-state index is 12.3. The Hall–Kier alpha value is -3.62. The summed E-state index contributed by atoms with van der Waals surface area (Å²) in [5, 5.41) is 12.0. The van der Waals surface area contributed by atoms with Crippen LogP contribution >= 0.6 is 0 Å². The largest absolute Gasteiger partial charge is 0.455 e. The molecular formula is C18H16N6O3. The Balaban J connectivity index is 1.43. The van der Waals surface area contributed by atoms with Gasteiger partial charge >= 0.3 is 5.97 Å². The van der Waals surface area contributed by atoms with Gasteiger partial charge in [0.1, 0.15) is 6.33 Å². The number of fused-ring (bicyclic) bond motifs is 1. The zero-order chi connectivity index (χ0) is 18.8. The molecule has 4 aromatic rings. The summed E-state index contributed by atoms with van der Waals surface area (Å²) >= 11 is 0. The number of benzene rings is 1. The minimum Gasteiger partial charge on any atom is -0.455 e. The van der Waals surface area contributed by atoms with Gasteiger partial charge in [0.2, 0.25) is 5.89 Å². The second-order valence-corrected chi connectivity index (χ2v) is 5.94. The fourth-order valence-corrected chi connectivity index (χ4v) is 2.76. The van der Waals surface area contributed by atoms with Gasteiger partial charge in [0.05, 0.1) is 6.42 Å². The van der Waals surface area contributed by atoms with E-state index in [-0.39, 0.29) is 18.9 Å². The van der Waals surface area contributed by atoms with E-state index in [1.807, 2.05) is 44.2 Å². The molecule has 0 aliphatic carbocycles. The van der Waals surface area contributed by atoms with Gasteiger partial charge in [0.15, 0.2) is 6.61 Å². The van der Waals surface area contributed by atoms with Gasteiger partial charge in [-0.3, -0.25) is 4.79 Å². The highest BCUT2D eigenvalue weighted by Crippen LogP contribution is 2.18. The highest BCUT2D eigenvalue weighted by Gasteiger charge is 2.16. The topological polar surface area (TPSA) is 108 Å². The van der Waals surface area contributed by atoms with Gasteiger partial charge in [0.25, 0.3) is 11.7 Å². The van der Waals surface area contributed by atoms with Crippen LogP contribution in [0.15, 0.2) is 41.1 Å². The van der Waals surface area contributed by atoms with Crippen molar-refractivity contribution in [3.63, 3.8) is 0 Å². The molecular weight excluding hydrogens is 348 g/mol. The lowest BCUT2D eigenvalue weighted by molar-refractivity contribution is -0.144. The van der Waals surface area contributed by atoms with Gasteiger partial charge in [-0.25, -0.2) is 9.50 Å². The number of aromatic nitrogens is 6. The molecule has 4 rings (SSSR count). The van der Waals surface area contributed by atoms with E-state index in [1.165, 1.54) is 6.33 Å². The third kappa shape index (κ3) is 3.39. The average Bonchev–Trinajstić information content (AvgIpc) is 3.33. The van der Waals surface area contributed by atoms with Gasteiger partial charge in [-0.05, 0) is 26.0 Å². The van der Waals surface area contributed by atoms with Gasteiger partial charge in [-0.15, -0.1) is 10.2 Å². The van der Waals surface area contributed by atoms with Crippen LogP contribution in [0.4, 0.5) is 0 Å². The first kappa shape index (κ1) is 16.8. The van der Waals surface area contributed by atoms with Crippen LogP contribution in [-0.4, -0.2) is 35.7 Å². The highest BCUT2D eigenvalue weighted by atomic mass is 16.5. The van der Waals surface area contributed by atoms with Crippen molar-refractivity contribution in [1.29, 1.82) is 0 Å². The monoisotopic (exact) mass is 364 g/mol. The number of hydrogen-bond donors (Lipinski definition) is 0. The summed E-state index contributed by atoms with van der Waals surface area (Å²) in [6, 6.07) is 9.39. The molecule has 0 fully saturated rings. The second kappa shape index (κ2) is 6.94. The number of nitrogens with zero attached hydrogens (tertiary/aromatic N) is 6. The van der Waals surface area contributed by atoms with Crippen molar-refractivity contribution in [3.05, 3.63) is 59.5 Å². The second-order valence-electron chi connectivity index (χ2n) is 5.94. The van der Waals surface area contributed by atoms with Crippen LogP contribution in [0.5, 0.6) is 0 Å². The van der Waals surface area contributed by atoms with Crippen molar-refractivity contribution < 1.29 is 13.9 Å². The SMILES string of the molecule is Cc1nc2ncnn2c(C)c1CC(=O)OCc1nnc(-c2ccccc2)o1. The first-order chi connectivity index (χ1) is 13.1. The van der Waals surface area contributed by atoms with E-state index < -0.39 is 5.97 Å². The Bertz CT molecular complexity index is 1100. The van der Waals surface area contributed by atoms with Gasteiger partial charge in [-0.1, -0.05) is 18.2 Å². The van der Waals surface area contributed by atoms with E-state index in [1.54, 1.807) is 4.52 Å². The lowest BCUT2D eigenvalue weighted by Gasteiger charge is -2.09. The third-order valence-electron chi connectivity index (χ3n) is 4.15. The summed E-state index contributed by atoms with van der Waals surface area (Å²) in [6.07, 6.45) is 1.50. The van der Waals surface area contributed by atoms with Crippen molar-refractivity contribution >= 4 is 11.7 Å². The fourth-order valence-electron chi connectivity index (χ4n) is 2.76. The maximum absolute atomic E-state index is 12.3. The molecule has 9 nitrogen and oxygen atoms in total. The first-order valence-electron chi connectivity index (χ1n) is 8.31. The normalized spacial score (nSPS) is 11.0. The smallest absolute Gasteiger partial charge is 0.310 e. The molecule has 0 saturated carbocycles. The summed E-state index contributed by atoms with van der Waals surface area (Å²) in [5.74, 6) is 0.706. The molecule has 136 valence electrons. The van der Waals surface area contributed by atoms with E-state index in [0.29, 0.717) is 17.4 Å². The lowest BCUT2D eigenvalue weighted by Crippen LogP contribution is -2.13. The molecule has 0 radical (unpaired) electrons. The zero-order valence-corrected chi connectivity index (χ0v) is 14.8. The Morgan fingerprint density at radius 1 is 1.19 bits per heavy atom. The van der Waals surface area contributed by atoms with Gasteiger partial charge in [0, 0.05) is 22.5 Å². The number of aryl methyl sites for hydroxylation is 2. The minimum atomic E-state index is -0.415. The van der Waals surface area contributed by atoms with E-state index in [0.717, 1.165) is 16.8 Å². The Morgan fingerprint density at radius 2 is 2.00 bits per heavy atom. The number of rotatable bonds is 5. The number of esters is 1. The molecule has 9 heteroatoms. The third-order valence-corrected chi connectivity index (χ3v) is 4.15. The molecule has 0 unspecified atom stereocenters. The predicted molar refractivity (Wildman–Crippen MR) is 93.5 cm³/mol. The van der Waals surface area contributed by atoms with Gasteiger partial charge < -0.3 is 9.15 Å². The molecule has 0 aliphatic heterocycles. The average molecular weight is 364 g/mol. The minimum absolute atomic E-state index is 0.0696. The molecule has 0 aliphatic rings. The quantitative estimate of drug-likeness (QED) is 0.495. The molecule has 0 atom stereocenters. The molecule has 0 saturated heterocycles. The van der Waals surface area contributed by atoms with E-state index >= 15 is 0 Å². The molecule has 0 spiro atoms. The predicted octanol–water partition coefficient (Wildman–Crippen LogP) is 2.08. The fraction of sp³-hybridized carbons (Fsp3) is 0.222. The van der Waals surface area contributed by atoms with Crippen molar-refractivity contribution in [1.82, 2.24) is 29.8 Å². The summed E-state index contributed by atoms with van der Waals surface area (Å²) in [5.41, 5.74) is 3.08. The van der Waals surface area contributed by atoms with Crippen LogP contribution in [-0.2, 0) is 22.6 Å². The maximum Gasteiger partial charge on any atom is 0.310 e. The Morgan fingerprint density at radius 3 is 2.81 bits per heavy atom. The van der Waals surface area contributed by atoms with Crippen molar-refractivity contribution in [2.24, 2.45) is 0 Å². The van der Waals surface area contributed by atoms with Crippen LogP contribution < -0.4 is 0 Å². The van der Waals surface area contributed by atoms with E-state index in [4.69, 9.17) is 9.15 Å². The highest BCUT2D eigenvalue weighted by molar-refractivity contribution is 5.73. The van der Waals surface area contributed by atoms with E-state index in [2.05, 4.69) is 25.3 Å². The molecule has 3 aromatic heterocycles. The van der Waals surface area contributed by atoms with Crippen LogP contribution in [0.1, 0.15) is 22.8 Å². The molecule has 3 heterocycles. The summed E-state index contributed by atoms with van der Waals surface area (Å²) in [4.78, 5) is 20.7. The lowest BCUT2D eigenvalue weighted by atomic mass is 10.1. The summed E-state index contributed by atoms with van der Waals surface area (Å²) < 4.78 is 12.4. The number of carbonyl (C=O) groups is 1. The summed E-state index contributed by atoms with van der Waals surface area (Å²) in [7, 11) is 0. The molecule has 0 N–H and O–H groups in total. The van der Waals surface area contributed by atoms with Crippen LogP contribution in [0, 0.1) is 13.8 Å². The van der Waals surface area contributed by atoms with Crippen LogP contribution in [0.3, 0.4) is 0 Å². The van der Waals surface area contributed by atoms with Crippen molar-refractivity contribution in [3.8, 4) is 11.5 Å². The van der Waals surface area contributed by atoms with Crippen LogP contribution in [0.25, 0.3) is 17.2 Å². The number of carbonyl (C=O) groups excluding carboxylic acids is 1. The number of hydrogen-bond acceptors (Lipinski definition) is 8. The molecule has 27 heavy (non-hydrogen) atoms. The van der Waals surface area contributed by atoms with Crippen molar-refractivity contribution in [2.45, 2.75) is 26.9 Å². The first-order valence-corrected chi connectivity index (χ1v) is 8.31. The number of ether oxygens (including phenoxy) is 1. The zero-order valence-electron chi connectivity index (χ0n) is 14.8. The molecule has 0 bridgehead atoms. The molecule has 0 amide bonds.